The maximum atomic E-state index is 4.40. The van der Waals surface area contributed by atoms with Gasteiger partial charge in [-0.15, -0.1) is 11.8 Å². The molecular weight excluding hydrogens is 230 g/mol. The van der Waals surface area contributed by atoms with E-state index in [1.165, 1.54) is 18.4 Å². The summed E-state index contributed by atoms with van der Waals surface area (Å²) in [7, 11) is 0. The monoisotopic (exact) mass is 253 g/mol. The molecular formula is C13H23N3S. The van der Waals surface area contributed by atoms with Crippen LogP contribution in [0, 0.1) is 0 Å². The molecule has 0 bridgehead atoms. The molecule has 96 valence electrons. The van der Waals surface area contributed by atoms with Gasteiger partial charge in [0, 0.05) is 12.1 Å². The van der Waals surface area contributed by atoms with E-state index >= 15 is 0 Å². The number of hydrogen-bond acceptors (Lipinski definition) is 4. The minimum Gasteiger partial charge on any atom is -0.370 e. The normalized spacial score (nSPS) is 10.5. The van der Waals surface area contributed by atoms with Gasteiger partial charge in [0.15, 0.2) is 0 Å². The molecule has 0 radical (unpaired) electrons. The second-order valence-corrected chi connectivity index (χ2v) is 5.07. The standard InChI is InChI=1S/C13H23N3S/c1-4-7-9-17-13-11(6-3)12(14-8-5-2)15-10-16-13/h10H,4-9H2,1-3H3,(H,14,15,16). The van der Waals surface area contributed by atoms with E-state index < -0.39 is 0 Å². The van der Waals surface area contributed by atoms with Crippen LogP contribution in [0.2, 0.25) is 0 Å². The highest BCUT2D eigenvalue weighted by Crippen LogP contribution is 2.26. The van der Waals surface area contributed by atoms with Crippen LogP contribution in [-0.2, 0) is 6.42 Å². The van der Waals surface area contributed by atoms with Gasteiger partial charge in [0.25, 0.3) is 0 Å². The molecule has 0 aliphatic carbocycles. The molecule has 0 saturated heterocycles. The largest absolute Gasteiger partial charge is 0.370 e. The lowest BCUT2D eigenvalue weighted by atomic mass is 10.2. The Balaban J connectivity index is 2.74. The van der Waals surface area contributed by atoms with Gasteiger partial charge in [-0.1, -0.05) is 27.2 Å². The van der Waals surface area contributed by atoms with Gasteiger partial charge >= 0.3 is 0 Å². The third kappa shape index (κ3) is 4.54. The first kappa shape index (κ1) is 14.3. The molecule has 1 aromatic heterocycles. The minimum absolute atomic E-state index is 0.975. The van der Waals surface area contributed by atoms with Crippen LogP contribution in [0.25, 0.3) is 0 Å². The van der Waals surface area contributed by atoms with Crippen LogP contribution in [0.4, 0.5) is 5.82 Å². The fourth-order valence-electron chi connectivity index (χ4n) is 1.55. The predicted octanol–water partition coefficient (Wildman–Crippen LogP) is 3.75. The molecule has 0 amide bonds. The third-order valence-electron chi connectivity index (χ3n) is 2.54. The lowest BCUT2D eigenvalue weighted by molar-refractivity contribution is 0.885. The summed E-state index contributed by atoms with van der Waals surface area (Å²) < 4.78 is 0. The van der Waals surface area contributed by atoms with Gasteiger partial charge in [-0.2, -0.15) is 0 Å². The van der Waals surface area contributed by atoms with Crippen molar-refractivity contribution in [1.82, 2.24) is 9.97 Å². The van der Waals surface area contributed by atoms with E-state index in [2.05, 4.69) is 36.1 Å². The molecule has 0 aromatic carbocycles. The van der Waals surface area contributed by atoms with Crippen LogP contribution >= 0.6 is 11.8 Å². The molecule has 0 aliphatic rings. The van der Waals surface area contributed by atoms with E-state index in [0.29, 0.717) is 0 Å². The van der Waals surface area contributed by atoms with Crippen molar-refractivity contribution in [2.75, 3.05) is 17.6 Å². The van der Waals surface area contributed by atoms with Crippen molar-refractivity contribution in [3.05, 3.63) is 11.9 Å². The molecule has 0 atom stereocenters. The van der Waals surface area contributed by atoms with Crippen LogP contribution in [-0.4, -0.2) is 22.3 Å². The Bertz CT molecular complexity index is 328. The van der Waals surface area contributed by atoms with Crippen LogP contribution in [0.15, 0.2) is 11.4 Å². The number of anilines is 1. The second kappa shape index (κ2) is 8.34. The smallest absolute Gasteiger partial charge is 0.133 e. The highest BCUT2D eigenvalue weighted by Gasteiger charge is 2.09. The quantitative estimate of drug-likeness (QED) is 0.435. The predicted molar refractivity (Wildman–Crippen MR) is 75.8 cm³/mol. The third-order valence-corrected chi connectivity index (χ3v) is 3.66. The average Bonchev–Trinajstić information content (AvgIpc) is 2.36. The van der Waals surface area contributed by atoms with Gasteiger partial charge in [0.2, 0.25) is 0 Å². The van der Waals surface area contributed by atoms with Crippen molar-refractivity contribution >= 4 is 17.6 Å². The molecule has 0 saturated carbocycles. The van der Waals surface area contributed by atoms with E-state index in [1.54, 1.807) is 6.33 Å². The SMILES string of the molecule is CCCCSc1ncnc(NCCC)c1CC. The number of unbranched alkanes of at least 4 members (excludes halogenated alkanes) is 1. The number of nitrogens with one attached hydrogen (secondary N) is 1. The molecule has 0 aliphatic heterocycles. The Kier molecular flexibility index (Phi) is 7.01. The van der Waals surface area contributed by atoms with Gasteiger partial charge < -0.3 is 5.32 Å². The molecule has 0 unspecified atom stereocenters. The second-order valence-electron chi connectivity index (χ2n) is 3.99. The summed E-state index contributed by atoms with van der Waals surface area (Å²) in [6.07, 6.45) is 6.26. The summed E-state index contributed by atoms with van der Waals surface area (Å²) in [4.78, 5) is 8.74. The number of thioether (sulfide) groups is 1. The number of nitrogens with zero attached hydrogens (tertiary/aromatic N) is 2. The number of aromatic nitrogens is 2. The van der Waals surface area contributed by atoms with E-state index in [4.69, 9.17) is 0 Å². The summed E-state index contributed by atoms with van der Waals surface area (Å²) in [5.41, 5.74) is 1.27. The maximum Gasteiger partial charge on any atom is 0.133 e. The molecule has 1 heterocycles. The van der Waals surface area contributed by atoms with E-state index in [1.807, 2.05) is 11.8 Å². The lowest BCUT2D eigenvalue weighted by Gasteiger charge is -2.12. The maximum absolute atomic E-state index is 4.40. The van der Waals surface area contributed by atoms with Gasteiger partial charge in [0.1, 0.15) is 17.2 Å². The Labute approximate surface area is 109 Å². The Morgan fingerprint density at radius 2 is 2.00 bits per heavy atom. The summed E-state index contributed by atoms with van der Waals surface area (Å²) in [5, 5.41) is 4.53. The molecule has 17 heavy (non-hydrogen) atoms. The molecule has 1 rings (SSSR count). The van der Waals surface area contributed by atoms with Crippen molar-refractivity contribution in [1.29, 1.82) is 0 Å². The number of rotatable bonds is 8. The summed E-state index contributed by atoms with van der Waals surface area (Å²) in [6.45, 7) is 7.52. The van der Waals surface area contributed by atoms with Crippen LogP contribution in [0.3, 0.4) is 0 Å². The van der Waals surface area contributed by atoms with Crippen LogP contribution in [0.1, 0.15) is 45.6 Å². The topological polar surface area (TPSA) is 37.8 Å². The molecule has 0 spiro atoms. The van der Waals surface area contributed by atoms with Crippen LogP contribution in [0.5, 0.6) is 0 Å². The van der Waals surface area contributed by atoms with Gasteiger partial charge in [-0.3, -0.25) is 0 Å². The molecule has 4 heteroatoms. The molecule has 0 fully saturated rings. The first-order chi connectivity index (χ1) is 8.33. The van der Waals surface area contributed by atoms with Crippen molar-refractivity contribution < 1.29 is 0 Å². The Morgan fingerprint density at radius 3 is 2.65 bits per heavy atom. The van der Waals surface area contributed by atoms with E-state index in [-0.39, 0.29) is 0 Å². The first-order valence-corrected chi connectivity index (χ1v) is 7.52. The summed E-state index contributed by atoms with van der Waals surface area (Å²) in [6, 6.07) is 0. The molecule has 1 aromatic rings. The zero-order valence-corrected chi connectivity index (χ0v) is 11.9. The van der Waals surface area contributed by atoms with Gasteiger partial charge in [0.05, 0.1) is 0 Å². The fourth-order valence-corrected chi connectivity index (χ4v) is 2.71. The first-order valence-electron chi connectivity index (χ1n) is 6.53. The summed E-state index contributed by atoms with van der Waals surface area (Å²) >= 11 is 1.85. The zero-order valence-electron chi connectivity index (χ0n) is 11.1. The van der Waals surface area contributed by atoms with Crippen molar-refractivity contribution in [2.24, 2.45) is 0 Å². The van der Waals surface area contributed by atoms with Gasteiger partial charge in [-0.05, 0) is 25.0 Å². The van der Waals surface area contributed by atoms with Crippen LogP contribution < -0.4 is 5.32 Å². The van der Waals surface area contributed by atoms with Crippen molar-refractivity contribution in [3.8, 4) is 0 Å². The van der Waals surface area contributed by atoms with Crippen molar-refractivity contribution in [3.63, 3.8) is 0 Å². The summed E-state index contributed by atoms with van der Waals surface area (Å²) in [5.74, 6) is 2.16. The molecule has 3 nitrogen and oxygen atoms in total. The van der Waals surface area contributed by atoms with Crippen molar-refractivity contribution in [2.45, 2.75) is 51.5 Å². The van der Waals surface area contributed by atoms with Gasteiger partial charge in [-0.25, -0.2) is 9.97 Å². The highest BCUT2D eigenvalue weighted by molar-refractivity contribution is 7.99. The molecule has 1 N–H and O–H groups in total. The number of hydrogen-bond donors (Lipinski definition) is 1. The van der Waals surface area contributed by atoms with E-state index in [0.717, 1.165) is 36.0 Å². The zero-order chi connectivity index (χ0) is 12.5. The van der Waals surface area contributed by atoms with E-state index in [9.17, 15) is 0 Å². The average molecular weight is 253 g/mol. The fraction of sp³-hybridized carbons (Fsp3) is 0.692. The Hall–Kier alpha value is -0.770. The minimum atomic E-state index is 0.975. The lowest BCUT2D eigenvalue weighted by Crippen LogP contribution is -2.07. The highest BCUT2D eigenvalue weighted by atomic mass is 32.2. The Morgan fingerprint density at radius 1 is 1.18 bits per heavy atom.